The largest absolute Gasteiger partial charge is 0.393 e. The lowest BCUT2D eigenvalue weighted by molar-refractivity contribution is -0.113. The number of rotatable bonds is 4. The third-order valence-corrected chi connectivity index (χ3v) is 2.97. The molecule has 2 heteroatoms. The Balaban J connectivity index is 2.33. The second-order valence-electron chi connectivity index (χ2n) is 4.27. The maximum absolute atomic E-state index is 10.6. The third-order valence-electron chi connectivity index (χ3n) is 2.97. The van der Waals surface area contributed by atoms with Crippen molar-refractivity contribution in [3.8, 4) is 0 Å². The zero-order chi connectivity index (χ0) is 9.68. The summed E-state index contributed by atoms with van der Waals surface area (Å²) in [5, 5.41) is 9.52. The molecule has 0 aromatic carbocycles. The van der Waals surface area contributed by atoms with Gasteiger partial charge in [-0.15, -0.1) is 0 Å². The quantitative estimate of drug-likeness (QED) is 0.680. The zero-order valence-corrected chi connectivity index (χ0v) is 8.41. The van der Waals surface area contributed by atoms with Crippen LogP contribution in [0.4, 0.5) is 0 Å². The van der Waals surface area contributed by atoms with Gasteiger partial charge in [0.15, 0.2) is 0 Å². The van der Waals surface area contributed by atoms with Gasteiger partial charge in [-0.25, -0.2) is 0 Å². The van der Waals surface area contributed by atoms with Crippen LogP contribution in [0.15, 0.2) is 0 Å². The summed E-state index contributed by atoms with van der Waals surface area (Å²) < 4.78 is 0. The molecule has 1 saturated carbocycles. The van der Waals surface area contributed by atoms with Gasteiger partial charge in [-0.2, -0.15) is 0 Å². The van der Waals surface area contributed by atoms with Crippen molar-refractivity contribution < 1.29 is 9.90 Å². The molecule has 1 aliphatic carbocycles. The van der Waals surface area contributed by atoms with Gasteiger partial charge in [-0.3, -0.25) is 0 Å². The van der Waals surface area contributed by atoms with Crippen LogP contribution in [0, 0.1) is 11.8 Å². The number of hydrogen-bond donors (Lipinski definition) is 1. The van der Waals surface area contributed by atoms with Crippen LogP contribution in [0.3, 0.4) is 0 Å². The van der Waals surface area contributed by atoms with E-state index in [1.165, 1.54) is 19.3 Å². The third kappa shape index (κ3) is 3.47. The van der Waals surface area contributed by atoms with E-state index in [-0.39, 0.29) is 12.0 Å². The van der Waals surface area contributed by atoms with Crippen molar-refractivity contribution in [2.75, 3.05) is 0 Å². The molecule has 1 rings (SSSR count). The van der Waals surface area contributed by atoms with Crippen molar-refractivity contribution in [2.45, 2.75) is 51.6 Å². The van der Waals surface area contributed by atoms with Gasteiger partial charge in [0.1, 0.15) is 6.29 Å². The highest BCUT2D eigenvalue weighted by molar-refractivity contribution is 5.53. The van der Waals surface area contributed by atoms with E-state index in [1.54, 1.807) is 0 Å². The SMILES string of the molecule is CCCCC1CC(O)CC(C=O)C1. The lowest BCUT2D eigenvalue weighted by Gasteiger charge is -2.29. The van der Waals surface area contributed by atoms with Crippen LogP contribution in [-0.2, 0) is 4.79 Å². The van der Waals surface area contributed by atoms with E-state index in [1.807, 2.05) is 0 Å². The molecule has 1 aliphatic rings. The summed E-state index contributed by atoms with van der Waals surface area (Å²) in [6.45, 7) is 2.18. The van der Waals surface area contributed by atoms with Gasteiger partial charge < -0.3 is 9.90 Å². The molecule has 0 aliphatic heterocycles. The van der Waals surface area contributed by atoms with E-state index in [9.17, 15) is 9.90 Å². The molecule has 0 radical (unpaired) electrons. The minimum Gasteiger partial charge on any atom is -0.393 e. The molecule has 3 atom stereocenters. The van der Waals surface area contributed by atoms with Crippen LogP contribution >= 0.6 is 0 Å². The molecule has 0 aromatic heterocycles. The van der Waals surface area contributed by atoms with Crippen LogP contribution in [0.1, 0.15) is 45.4 Å². The summed E-state index contributed by atoms with van der Waals surface area (Å²) in [5.74, 6) is 0.699. The van der Waals surface area contributed by atoms with Crippen LogP contribution in [0.5, 0.6) is 0 Å². The molecule has 0 aromatic rings. The monoisotopic (exact) mass is 184 g/mol. The van der Waals surface area contributed by atoms with Gasteiger partial charge in [0.05, 0.1) is 6.10 Å². The molecule has 76 valence electrons. The molecule has 2 nitrogen and oxygen atoms in total. The zero-order valence-electron chi connectivity index (χ0n) is 8.41. The van der Waals surface area contributed by atoms with Crippen LogP contribution < -0.4 is 0 Å². The molecule has 13 heavy (non-hydrogen) atoms. The molecule has 0 saturated heterocycles. The van der Waals surface area contributed by atoms with Gasteiger partial charge in [0, 0.05) is 5.92 Å². The van der Waals surface area contributed by atoms with Gasteiger partial charge in [0.2, 0.25) is 0 Å². The number of hydrogen-bond acceptors (Lipinski definition) is 2. The van der Waals surface area contributed by atoms with Crippen molar-refractivity contribution >= 4 is 6.29 Å². The number of carbonyl (C=O) groups excluding carboxylic acids is 1. The van der Waals surface area contributed by atoms with E-state index in [4.69, 9.17) is 0 Å². The summed E-state index contributed by atoms with van der Waals surface area (Å²) in [7, 11) is 0. The topological polar surface area (TPSA) is 37.3 Å². The standard InChI is InChI=1S/C11H20O2/c1-2-3-4-9-5-10(8-12)7-11(13)6-9/h8-11,13H,2-7H2,1H3. The molecule has 1 fully saturated rings. The fourth-order valence-electron chi connectivity index (χ4n) is 2.29. The van der Waals surface area contributed by atoms with Crippen molar-refractivity contribution in [2.24, 2.45) is 11.8 Å². The fraction of sp³-hybridized carbons (Fsp3) is 0.909. The molecule has 0 bridgehead atoms. The van der Waals surface area contributed by atoms with Gasteiger partial charge >= 0.3 is 0 Å². The number of aliphatic hydroxyl groups excluding tert-OH is 1. The Labute approximate surface area is 80.3 Å². The smallest absolute Gasteiger partial charge is 0.123 e. The van der Waals surface area contributed by atoms with E-state index >= 15 is 0 Å². The van der Waals surface area contributed by atoms with Gasteiger partial charge in [-0.1, -0.05) is 26.2 Å². The molecule has 1 N–H and O–H groups in total. The van der Waals surface area contributed by atoms with Crippen molar-refractivity contribution in [1.82, 2.24) is 0 Å². The Bertz CT molecular complexity index is 156. The van der Waals surface area contributed by atoms with Crippen molar-refractivity contribution in [3.63, 3.8) is 0 Å². The number of aliphatic hydroxyl groups is 1. The minimum absolute atomic E-state index is 0.116. The highest BCUT2D eigenvalue weighted by Crippen LogP contribution is 2.31. The second kappa shape index (κ2) is 5.38. The van der Waals surface area contributed by atoms with Crippen molar-refractivity contribution in [3.05, 3.63) is 0 Å². The van der Waals surface area contributed by atoms with Crippen LogP contribution in [0.25, 0.3) is 0 Å². The summed E-state index contributed by atoms with van der Waals surface area (Å²) in [6.07, 6.45) is 6.99. The Kier molecular flexibility index (Phi) is 4.43. The van der Waals surface area contributed by atoms with Crippen molar-refractivity contribution in [1.29, 1.82) is 0 Å². The van der Waals surface area contributed by atoms with E-state index in [2.05, 4.69) is 6.92 Å². The average Bonchev–Trinajstić information content (AvgIpc) is 2.14. The van der Waals surface area contributed by atoms with Crippen LogP contribution in [0.2, 0.25) is 0 Å². The summed E-state index contributed by atoms with van der Waals surface area (Å²) >= 11 is 0. The van der Waals surface area contributed by atoms with Crippen LogP contribution in [-0.4, -0.2) is 17.5 Å². The lowest BCUT2D eigenvalue weighted by atomic mass is 9.78. The molecule has 0 spiro atoms. The predicted octanol–water partition coefficient (Wildman–Crippen LogP) is 2.15. The first-order valence-electron chi connectivity index (χ1n) is 5.39. The molecule has 3 unspecified atom stereocenters. The molecular weight excluding hydrogens is 164 g/mol. The molecule has 0 heterocycles. The van der Waals surface area contributed by atoms with Gasteiger partial charge in [0.25, 0.3) is 0 Å². The Hall–Kier alpha value is -0.370. The fourth-order valence-corrected chi connectivity index (χ4v) is 2.29. The molecule has 0 amide bonds. The highest BCUT2D eigenvalue weighted by Gasteiger charge is 2.26. The summed E-state index contributed by atoms with van der Waals surface area (Å²) in [4.78, 5) is 10.6. The normalized spacial score (nSPS) is 34.5. The minimum atomic E-state index is -0.231. The summed E-state index contributed by atoms with van der Waals surface area (Å²) in [6, 6.07) is 0. The first-order chi connectivity index (χ1) is 6.26. The first kappa shape index (κ1) is 10.7. The number of aldehydes is 1. The molecular formula is C11H20O2. The lowest BCUT2D eigenvalue weighted by Crippen LogP contribution is -2.27. The second-order valence-corrected chi connectivity index (χ2v) is 4.27. The first-order valence-corrected chi connectivity index (χ1v) is 5.39. The maximum atomic E-state index is 10.6. The average molecular weight is 184 g/mol. The highest BCUT2D eigenvalue weighted by atomic mass is 16.3. The number of carbonyl (C=O) groups is 1. The Morgan fingerprint density at radius 3 is 2.77 bits per heavy atom. The number of unbranched alkanes of at least 4 members (excludes halogenated alkanes) is 1. The Morgan fingerprint density at radius 1 is 1.38 bits per heavy atom. The summed E-state index contributed by atoms with van der Waals surface area (Å²) in [5.41, 5.74) is 0. The Morgan fingerprint density at radius 2 is 2.15 bits per heavy atom. The van der Waals surface area contributed by atoms with E-state index in [0.717, 1.165) is 19.1 Å². The van der Waals surface area contributed by atoms with Gasteiger partial charge in [-0.05, 0) is 25.2 Å². The maximum Gasteiger partial charge on any atom is 0.123 e. The predicted molar refractivity (Wildman–Crippen MR) is 52.4 cm³/mol. The van der Waals surface area contributed by atoms with E-state index < -0.39 is 0 Å². The van der Waals surface area contributed by atoms with E-state index in [0.29, 0.717) is 12.3 Å².